The van der Waals surface area contributed by atoms with Gasteiger partial charge in [0.2, 0.25) is 0 Å². The second-order valence-electron chi connectivity index (χ2n) is 3.62. The van der Waals surface area contributed by atoms with Crippen LogP contribution in [0.25, 0.3) is 0 Å². The van der Waals surface area contributed by atoms with E-state index in [0.29, 0.717) is 5.11 Å². The maximum atomic E-state index is 5.24. The summed E-state index contributed by atoms with van der Waals surface area (Å²) in [7, 11) is 3.46. The Morgan fingerprint density at radius 3 is 2.72 bits per heavy atom. The van der Waals surface area contributed by atoms with Crippen LogP contribution in [0.1, 0.15) is 0 Å². The molecule has 0 aliphatic rings. The zero-order valence-electron chi connectivity index (χ0n) is 10.2. The first-order valence-corrected chi connectivity index (χ1v) is 5.80. The smallest absolute Gasteiger partial charge is 0.176 e. The molecule has 2 aromatic rings. The lowest BCUT2D eigenvalue weighted by Crippen LogP contribution is -2.21. The molecule has 0 fully saturated rings. The van der Waals surface area contributed by atoms with Crippen LogP contribution >= 0.6 is 12.2 Å². The Morgan fingerprint density at radius 1 is 1.28 bits per heavy atom. The fraction of sp³-hybridized carbons (Fsp3) is 0.167. The quantitative estimate of drug-likeness (QED) is 0.831. The molecular formula is C12H14N4OS. The Kier molecular flexibility index (Phi) is 3.78. The largest absolute Gasteiger partial charge is 0.495 e. The van der Waals surface area contributed by atoms with Gasteiger partial charge in [-0.25, -0.2) is 0 Å². The van der Waals surface area contributed by atoms with Gasteiger partial charge >= 0.3 is 0 Å². The second kappa shape index (κ2) is 5.50. The van der Waals surface area contributed by atoms with Gasteiger partial charge in [-0.2, -0.15) is 5.10 Å². The third kappa shape index (κ3) is 2.78. The molecule has 0 atom stereocenters. The van der Waals surface area contributed by atoms with Crippen molar-refractivity contribution < 1.29 is 4.74 Å². The summed E-state index contributed by atoms with van der Waals surface area (Å²) in [5.74, 6) is 1.56. The Morgan fingerprint density at radius 2 is 2.06 bits per heavy atom. The Balaban J connectivity index is 2.05. The topological polar surface area (TPSA) is 51.1 Å². The van der Waals surface area contributed by atoms with Crippen LogP contribution in [0.15, 0.2) is 36.5 Å². The molecule has 5 nitrogen and oxygen atoms in total. The van der Waals surface area contributed by atoms with Gasteiger partial charge in [-0.05, 0) is 24.4 Å². The van der Waals surface area contributed by atoms with Crippen molar-refractivity contribution in [3.8, 4) is 5.75 Å². The molecule has 18 heavy (non-hydrogen) atoms. The van der Waals surface area contributed by atoms with Crippen molar-refractivity contribution in [2.45, 2.75) is 0 Å². The summed E-state index contributed by atoms with van der Waals surface area (Å²) in [6.07, 6.45) is 1.70. The SMILES string of the molecule is COc1ccccc1NC(=S)Nc1ccnn1C. The number of anilines is 2. The Labute approximate surface area is 111 Å². The summed E-state index contributed by atoms with van der Waals surface area (Å²) in [6.45, 7) is 0. The highest BCUT2D eigenvalue weighted by Gasteiger charge is 2.05. The molecule has 1 heterocycles. The van der Waals surface area contributed by atoms with E-state index in [-0.39, 0.29) is 0 Å². The van der Waals surface area contributed by atoms with Crippen molar-refractivity contribution in [1.29, 1.82) is 0 Å². The molecule has 0 saturated heterocycles. The van der Waals surface area contributed by atoms with E-state index < -0.39 is 0 Å². The first kappa shape index (κ1) is 12.4. The Hall–Kier alpha value is -2.08. The molecule has 0 bridgehead atoms. The van der Waals surface area contributed by atoms with E-state index in [2.05, 4.69) is 15.7 Å². The molecule has 0 unspecified atom stereocenters. The predicted molar refractivity (Wildman–Crippen MR) is 76.0 cm³/mol. The van der Waals surface area contributed by atoms with Gasteiger partial charge in [0.05, 0.1) is 19.0 Å². The minimum atomic E-state index is 0.489. The van der Waals surface area contributed by atoms with Gasteiger partial charge in [0, 0.05) is 13.1 Å². The lowest BCUT2D eigenvalue weighted by molar-refractivity contribution is 0.417. The zero-order chi connectivity index (χ0) is 13.0. The number of aryl methyl sites for hydroxylation is 1. The molecule has 0 spiro atoms. The monoisotopic (exact) mass is 262 g/mol. The number of hydrogen-bond donors (Lipinski definition) is 2. The third-order valence-corrected chi connectivity index (χ3v) is 2.62. The minimum Gasteiger partial charge on any atom is -0.495 e. The van der Waals surface area contributed by atoms with Crippen LogP contribution in [0.2, 0.25) is 0 Å². The molecule has 0 aliphatic heterocycles. The molecule has 0 saturated carbocycles. The van der Waals surface area contributed by atoms with Gasteiger partial charge in [0.25, 0.3) is 0 Å². The van der Waals surface area contributed by atoms with Gasteiger partial charge in [-0.15, -0.1) is 0 Å². The normalized spacial score (nSPS) is 9.89. The number of para-hydroxylation sites is 2. The van der Waals surface area contributed by atoms with Gasteiger partial charge in [0.15, 0.2) is 5.11 Å². The van der Waals surface area contributed by atoms with Crippen LogP contribution in [0, 0.1) is 0 Å². The molecule has 94 valence electrons. The molecule has 0 aliphatic carbocycles. The van der Waals surface area contributed by atoms with Crippen molar-refractivity contribution in [2.24, 2.45) is 7.05 Å². The lowest BCUT2D eigenvalue weighted by atomic mass is 10.3. The van der Waals surface area contributed by atoms with E-state index in [1.165, 1.54) is 0 Å². The molecule has 6 heteroatoms. The second-order valence-corrected chi connectivity index (χ2v) is 4.03. The van der Waals surface area contributed by atoms with Crippen molar-refractivity contribution in [3.63, 3.8) is 0 Å². The highest BCUT2D eigenvalue weighted by atomic mass is 32.1. The van der Waals surface area contributed by atoms with Crippen LogP contribution < -0.4 is 15.4 Å². The first-order valence-electron chi connectivity index (χ1n) is 5.39. The minimum absolute atomic E-state index is 0.489. The van der Waals surface area contributed by atoms with E-state index in [1.54, 1.807) is 18.0 Å². The number of benzene rings is 1. The third-order valence-electron chi connectivity index (χ3n) is 2.42. The number of ether oxygens (including phenoxy) is 1. The molecule has 1 aromatic heterocycles. The summed E-state index contributed by atoms with van der Waals surface area (Å²) < 4.78 is 6.94. The van der Waals surface area contributed by atoms with Gasteiger partial charge in [-0.1, -0.05) is 12.1 Å². The van der Waals surface area contributed by atoms with Crippen LogP contribution in [0.5, 0.6) is 5.75 Å². The molecule has 0 radical (unpaired) electrons. The number of nitrogens with one attached hydrogen (secondary N) is 2. The van der Waals surface area contributed by atoms with E-state index in [9.17, 15) is 0 Å². The summed E-state index contributed by atoms with van der Waals surface area (Å²) in [4.78, 5) is 0. The van der Waals surface area contributed by atoms with E-state index in [1.807, 2.05) is 37.4 Å². The van der Waals surface area contributed by atoms with E-state index in [4.69, 9.17) is 17.0 Å². The predicted octanol–water partition coefficient (Wildman–Crippen LogP) is 2.24. The lowest BCUT2D eigenvalue weighted by Gasteiger charge is -2.13. The number of methoxy groups -OCH3 is 1. The summed E-state index contributed by atoms with van der Waals surface area (Å²) in [6, 6.07) is 9.43. The molecule has 2 rings (SSSR count). The van der Waals surface area contributed by atoms with Gasteiger partial charge < -0.3 is 15.4 Å². The van der Waals surface area contributed by atoms with Crippen molar-refractivity contribution >= 4 is 28.8 Å². The van der Waals surface area contributed by atoms with Gasteiger partial charge in [0.1, 0.15) is 11.6 Å². The fourth-order valence-electron chi connectivity index (χ4n) is 1.51. The van der Waals surface area contributed by atoms with Crippen molar-refractivity contribution in [3.05, 3.63) is 36.5 Å². The van der Waals surface area contributed by atoms with Crippen molar-refractivity contribution in [2.75, 3.05) is 17.7 Å². The van der Waals surface area contributed by atoms with Gasteiger partial charge in [-0.3, -0.25) is 4.68 Å². The van der Waals surface area contributed by atoms with E-state index in [0.717, 1.165) is 17.3 Å². The van der Waals surface area contributed by atoms with Crippen LogP contribution in [0.3, 0.4) is 0 Å². The number of aromatic nitrogens is 2. The number of nitrogens with zero attached hydrogens (tertiary/aromatic N) is 2. The maximum Gasteiger partial charge on any atom is 0.176 e. The summed E-state index contributed by atoms with van der Waals surface area (Å²) in [5, 5.41) is 10.7. The molecule has 0 amide bonds. The van der Waals surface area contributed by atoms with E-state index >= 15 is 0 Å². The number of hydrogen-bond acceptors (Lipinski definition) is 3. The van der Waals surface area contributed by atoms with Crippen LogP contribution in [-0.2, 0) is 7.05 Å². The Bertz CT molecular complexity index is 553. The molecule has 2 N–H and O–H groups in total. The first-order chi connectivity index (χ1) is 8.70. The van der Waals surface area contributed by atoms with Crippen molar-refractivity contribution in [1.82, 2.24) is 9.78 Å². The molecular weight excluding hydrogens is 248 g/mol. The van der Waals surface area contributed by atoms with Crippen LogP contribution in [0.4, 0.5) is 11.5 Å². The standard InChI is InChI=1S/C12H14N4OS/c1-16-11(7-8-13-16)15-12(18)14-9-5-3-4-6-10(9)17-2/h3-8H,1-2H3,(H2,14,15,18). The zero-order valence-corrected chi connectivity index (χ0v) is 11.0. The number of thiocarbonyl (C=S) groups is 1. The highest BCUT2D eigenvalue weighted by Crippen LogP contribution is 2.23. The average Bonchev–Trinajstić information content (AvgIpc) is 2.75. The highest BCUT2D eigenvalue weighted by molar-refractivity contribution is 7.80. The molecule has 1 aromatic carbocycles. The summed E-state index contributed by atoms with van der Waals surface area (Å²) in [5.41, 5.74) is 0.819. The number of rotatable bonds is 3. The van der Waals surface area contributed by atoms with Crippen LogP contribution in [-0.4, -0.2) is 22.0 Å². The maximum absolute atomic E-state index is 5.24. The summed E-state index contributed by atoms with van der Waals surface area (Å²) >= 11 is 5.23. The fourth-order valence-corrected chi connectivity index (χ4v) is 1.73. The average molecular weight is 262 g/mol.